The molecule has 2 aliphatic heterocycles. The number of ketones is 1. The highest BCUT2D eigenvalue weighted by molar-refractivity contribution is 5.86. The standard InChI is InChI=1S/C21H38N2O2/c1-3-19(16-20(24)4-2)21(25)23-14-10-18(11-15-23)7-5-6-17-8-12-22-13-9-17/h17-19,22H,3-16H2,1-2H3. The Labute approximate surface area is 154 Å². The van der Waals surface area contributed by atoms with Gasteiger partial charge in [-0.2, -0.15) is 0 Å². The van der Waals surface area contributed by atoms with Crippen molar-refractivity contribution >= 4 is 11.7 Å². The van der Waals surface area contributed by atoms with Gasteiger partial charge in [0.1, 0.15) is 5.78 Å². The summed E-state index contributed by atoms with van der Waals surface area (Å²) in [5.74, 6) is 2.07. The third kappa shape index (κ3) is 6.73. The quantitative estimate of drug-likeness (QED) is 0.688. The lowest BCUT2D eigenvalue weighted by Gasteiger charge is -2.34. The molecule has 0 spiro atoms. The summed E-state index contributed by atoms with van der Waals surface area (Å²) in [5.41, 5.74) is 0. The Bertz CT molecular complexity index is 410. The second-order valence-electron chi connectivity index (χ2n) is 8.09. The van der Waals surface area contributed by atoms with Gasteiger partial charge in [-0.15, -0.1) is 0 Å². The molecule has 2 rings (SSSR count). The Morgan fingerprint density at radius 3 is 2.16 bits per heavy atom. The van der Waals surface area contributed by atoms with Crippen LogP contribution < -0.4 is 5.32 Å². The van der Waals surface area contributed by atoms with Crippen molar-refractivity contribution in [3.63, 3.8) is 0 Å². The van der Waals surface area contributed by atoms with Crippen LogP contribution in [0.3, 0.4) is 0 Å². The number of carbonyl (C=O) groups is 2. The van der Waals surface area contributed by atoms with Gasteiger partial charge in [-0.05, 0) is 57.0 Å². The van der Waals surface area contributed by atoms with Crippen molar-refractivity contribution in [2.45, 2.75) is 78.1 Å². The molecular formula is C21H38N2O2. The van der Waals surface area contributed by atoms with Gasteiger partial charge in [-0.3, -0.25) is 9.59 Å². The molecule has 0 aromatic rings. The zero-order valence-corrected chi connectivity index (χ0v) is 16.4. The lowest BCUT2D eigenvalue weighted by atomic mass is 9.86. The molecule has 4 heteroatoms. The second-order valence-corrected chi connectivity index (χ2v) is 8.09. The first-order valence-electron chi connectivity index (χ1n) is 10.6. The van der Waals surface area contributed by atoms with Gasteiger partial charge in [-0.25, -0.2) is 0 Å². The van der Waals surface area contributed by atoms with Gasteiger partial charge in [0.2, 0.25) is 5.91 Å². The number of hydrogen-bond donors (Lipinski definition) is 1. The molecule has 0 aromatic heterocycles. The average Bonchev–Trinajstić information content (AvgIpc) is 2.66. The van der Waals surface area contributed by atoms with Crippen molar-refractivity contribution in [3.05, 3.63) is 0 Å². The second kappa shape index (κ2) is 10.9. The van der Waals surface area contributed by atoms with Crippen molar-refractivity contribution in [2.75, 3.05) is 26.2 Å². The number of amides is 1. The molecule has 2 heterocycles. The molecule has 1 amide bonds. The first-order chi connectivity index (χ1) is 12.1. The highest BCUT2D eigenvalue weighted by Crippen LogP contribution is 2.27. The van der Waals surface area contributed by atoms with Gasteiger partial charge in [0.25, 0.3) is 0 Å². The van der Waals surface area contributed by atoms with E-state index >= 15 is 0 Å². The predicted octanol–water partition coefficient (Wildman–Crippen LogP) is 3.79. The highest BCUT2D eigenvalue weighted by Gasteiger charge is 2.28. The molecule has 0 bridgehead atoms. The normalized spacial score (nSPS) is 21.3. The van der Waals surface area contributed by atoms with Crippen molar-refractivity contribution in [1.82, 2.24) is 10.2 Å². The molecule has 0 radical (unpaired) electrons. The number of rotatable bonds is 9. The Kier molecular flexibility index (Phi) is 8.94. The first-order valence-corrected chi connectivity index (χ1v) is 10.6. The minimum atomic E-state index is -0.0936. The molecule has 0 saturated carbocycles. The Morgan fingerprint density at radius 2 is 1.60 bits per heavy atom. The molecule has 144 valence electrons. The van der Waals surface area contributed by atoms with Crippen LogP contribution in [0.2, 0.25) is 0 Å². The summed E-state index contributed by atoms with van der Waals surface area (Å²) in [5, 5.41) is 3.44. The summed E-state index contributed by atoms with van der Waals surface area (Å²) in [6.07, 6.45) is 10.8. The third-order valence-electron chi connectivity index (χ3n) is 6.32. The SMILES string of the molecule is CCC(=O)CC(CC)C(=O)N1CCC(CCCC2CCNCC2)CC1. The van der Waals surface area contributed by atoms with Crippen molar-refractivity contribution in [3.8, 4) is 0 Å². The fourth-order valence-corrected chi connectivity index (χ4v) is 4.39. The summed E-state index contributed by atoms with van der Waals surface area (Å²) < 4.78 is 0. The number of piperidine rings is 2. The summed E-state index contributed by atoms with van der Waals surface area (Å²) in [4.78, 5) is 26.4. The lowest BCUT2D eigenvalue weighted by Crippen LogP contribution is -2.42. The predicted molar refractivity (Wildman–Crippen MR) is 102 cm³/mol. The van der Waals surface area contributed by atoms with Crippen LogP contribution in [0.5, 0.6) is 0 Å². The van der Waals surface area contributed by atoms with Gasteiger partial charge in [0, 0.05) is 31.8 Å². The third-order valence-corrected chi connectivity index (χ3v) is 6.32. The maximum atomic E-state index is 12.7. The Morgan fingerprint density at radius 1 is 1.00 bits per heavy atom. The fraction of sp³-hybridized carbons (Fsp3) is 0.905. The maximum absolute atomic E-state index is 12.7. The molecule has 0 aliphatic carbocycles. The smallest absolute Gasteiger partial charge is 0.226 e. The summed E-state index contributed by atoms with van der Waals surface area (Å²) in [6.45, 7) is 8.10. The number of nitrogens with one attached hydrogen (secondary N) is 1. The summed E-state index contributed by atoms with van der Waals surface area (Å²) >= 11 is 0. The van der Waals surface area contributed by atoms with Crippen LogP contribution in [-0.4, -0.2) is 42.8 Å². The van der Waals surface area contributed by atoms with Crippen molar-refractivity contribution < 1.29 is 9.59 Å². The van der Waals surface area contributed by atoms with E-state index in [4.69, 9.17) is 0 Å². The minimum absolute atomic E-state index is 0.0936. The van der Waals surface area contributed by atoms with Crippen LogP contribution in [0, 0.1) is 17.8 Å². The van der Waals surface area contributed by atoms with E-state index in [1.807, 2.05) is 18.7 Å². The topological polar surface area (TPSA) is 49.4 Å². The van der Waals surface area contributed by atoms with E-state index in [1.165, 1.54) is 45.2 Å². The van der Waals surface area contributed by atoms with Gasteiger partial charge >= 0.3 is 0 Å². The zero-order valence-electron chi connectivity index (χ0n) is 16.4. The van der Waals surface area contributed by atoms with E-state index in [1.54, 1.807) is 0 Å². The molecular weight excluding hydrogens is 312 g/mol. The summed E-state index contributed by atoms with van der Waals surface area (Å²) in [7, 11) is 0. The number of carbonyl (C=O) groups excluding carboxylic acids is 2. The Balaban J connectivity index is 1.65. The van der Waals surface area contributed by atoms with Crippen molar-refractivity contribution in [1.29, 1.82) is 0 Å². The van der Waals surface area contributed by atoms with E-state index in [9.17, 15) is 9.59 Å². The number of likely N-dealkylation sites (tertiary alicyclic amines) is 1. The minimum Gasteiger partial charge on any atom is -0.342 e. The molecule has 1 atom stereocenters. The molecule has 0 aromatic carbocycles. The summed E-state index contributed by atoms with van der Waals surface area (Å²) in [6, 6.07) is 0. The van der Waals surface area contributed by atoms with Gasteiger partial charge in [-0.1, -0.05) is 33.1 Å². The maximum Gasteiger partial charge on any atom is 0.226 e. The lowest BCUT2D eigenvalue weighted by molar-refractivity contribution is -0.139. The number of Topliss-reactive ketones (excluding diaryl/α,β-unsaturated/α-hetero) is 1. The van der Waals surface area contributed by atoms with Crippen LogP contribution >= 0.6 is 0 Å². The van der Waals surface area contributed by atoms with E-state index < -0.39 is 0 Å². The van der Waals surface area contributed by atoms with Crippen molar-refractivity contribution in [2.24, 2.45) is 17.8 Å². The monoisotopic (exact) mass is 350 g/mol. The molecule has 2 fully saturated rings. The molecule has 4 nitrogen and oxygen atoms in total. The van der Waals surface area contributed by atoms with E-state index in [-0.39, 0.29) is 17.6 Å². The van der Waals surface area contributed by atoms with E-state index in [2.05, 4.69) is 5.32 Å². The number of nitrogens with zero attached hydrogens (tertiary/aromatic N) is 1. The average molecular weight is 351 g/mol. The van der Waals surface area contributed by atoms with Crippen LogP contribution in [-0.2, 0) is 9.59 Å². The first kappa shape index (κ1) is 20.4. The van der Waals surface area contributed by atoms with Crippen LogP contribution in [0.1, 0.15) is 78.1 Å². The van der Waals surface area contributed by atoms with E-state index in [0.717, 1.165) is 44.2 Å². The largest absolute Gasteiger partial charge is 0.342 e. The molecule has 1 N–H and O–H groups in total. The molecule has 1 unspecified atom stereocenters. The molecule has 25 heavy (non-hydrogen) atoms. The van der Waals surface area contributed by atoms with Gasteiger partial charge in [0.05, 0.1) is 0 Å². The van der Waals surface area contributed by atoms with Crippen LogP contribution in [0.4, 0.5) is 0 Å². The zero-order chi connectivity index (χ0) is 18.1. The Hall–Kier alpha value is -0.900. The van der Waals surface area contributed by atoms with Crippen LogP contribution in [0.15, 0.2) is 0 Å². The van der Waals surface area contributed by atoms with Gasteiger partial charge in [0.15, 0.2) is 0 Å². The number of hydrogen-bond acceptors (Lipinski definition) is 3. The molecule has 2 saturated heterocycles. The fourth-order valence-electron chi connectivity index (χ4n) is 4.39. The highest BCUT2D eigenvalue weighted by atomic mass is 16.2. The van der Waals surface area contributed by atoms with Crippen LogP contribution in [0.25, 0.3) is 0 Å². The van der Waals surface area contributed by atoms with E-state index in [0.29, 0.717) is 12.8 Å². The molecule has 2 aliphatic rings. The van der Waals surface area contributed by atoms with Gasteiger partial charge < -0.3 is 10.2 Å².